The number of ether oxygens (including phenoxy) is 2. The van der Waals surface area contributed by atoms with E-state index >= 15 is 0 Å². The smallest absolute Gasteiger partial charge is 0.148 e. The van der Waals surface area contributed by atoms with Gasteiger partial charge in [0.05, 0.1) is 22.2 Å². The van der Waals surface area contributed by atoms with Crippen molar-refractivity contribution in [3.05, 3.63) is 56.5 Å². The topological polar surface area (TPSA) is 30.5 Å². The first-order valence-electron chi connectivity index (χ1n) is 7.98. The van der Waals surface area contributed by atoms with Crippen LogP contribution in [0.3, 0.4) is 0 Å². The molecule has 0 aliphatic rings. The molecule has 0 fully saturated rings. The molecule has 0 radical (unpaired) electrons. The molecule has 130 valence electrons. The van der Waals surface area contributed by atoms with Crippen LogP contribution in [-0.2, 0) is 13.0 Å². The van der Waals surface area contributed by atoms with Gasteiger partial charge in [-0.1, -0.05) is 18.2 Å². The van der Waals surface area contributed by atoms with Crippen molar-refractivity contribution in [3.8, 4) is 11.5 Å². The fourth-order valence-corrected chi connectivity index (χ4v) is 3.90. The van der Waals surface area contributed by atoms with E-state index in [9.17, 15) is 0 Å². The second-order valence-corrected chi connectivity index (χ2v) is 7.50. The Hall–Kier alpha value is -1.04. The van der Waals surface area contributed by atoms with Crippen molar-refractivity contribution in [1.29, 1.82) is 0 Å². The predicted octanol–water partition coefficient (Wildman–Crippen LogP) is 5.34. The number of rotatable bonds is 8. The minimum Gasteiger partial charge on any atom is -0.496 e. The summed E-state index contributed by atoms with van der Waals surface area (Å²) in [7, 11) is 1.71. The van der Waals surface area contributed by atoms with Gasteiger partial charge in [-0.2, -0.15) is 0 Å². The van der Waals surface area contributed by atoms with Crippen molar-refractivity contribution in [2.75, 3.05) is 13.7 Å². The highest BCUT2D eigenvalue weighted by molar-refractivity contribution is 9.11. The van der Waals surface area contributed by atoms with Gasteiger partial charge in [-0.25, -0.2) is 0 Å². The standard InChI is InChI=1S/C19H23Br2NO2/c1-13(2)24-19-16(20)10-14(11-17(19)21)12-22-9-8-15-6-4-5-7-18(15)23-3/h4-7,10-11,13,22H,8-9,12H2,1-3H3. The maximum absolute atomic E-state index is 5.81. The molecule has 2 aromatic rings. The van der Waals surface area contributed by atoms with Gasteiger partial charge in [0.2, 0.25) is 0 Å². The maximum atomic E-state index is 5.81. The van der Waals surface area contributed by atoms with Crippen LogP contribution in [0.25, 0.3) is 0 Å². The van der Waals surface area contributed by atoms with Gasteiger partial charge >= 0.3 is 0 Å². The lowest BCUT2D eigenvalue weighted by Gasteiger charge is -2.15. The molecule has 0 saturated carbocycles. The molecule has 0 aliphatic carbocycles. The van der Waals surface area contributed by atoms with E-state index in [-0.39, 0.29) is 6.10 Å². The third-order valence-corrected chi connectivity index (χ3v) is 4.68. The lowest BCUT2D eigenvalue weighted by molar-refractivity contribution is 0.239. The van der Waals surface area contributed by atoms with Crippen LogP contribution in [0.4, 0.5) is 0 Å². The Balaban J connectivity index is 1.91. The summed E-state index contributed by atoms with van der Waals surface area (Å²) in [5, 5.41) is 3.48. The molecule has 0 saturated heterocycles. The Morgan fingerprint density at radius 1 is 1.08 bits per heavy atom. The molecule has 0 bridgehead atoms. The molecule has 2 aromatic carbocycles. The number of nitrogens with one attached hydrogen (secondary N) is 1. The third kappa shape index (κ3) is 5.50. The SMILES string of the molecule is COc1ccccc1CCNCc1cc(Br)c(OC(C)C)c(Br)c1. The molecule has 0 aromatic heterocycles. The fraction of sp³-hybridized carbons (Fsp3) is 0.368. The van der Waals surface area contributed by atoms with Crippen molar-refractivity contribution in [2.24, 2.45) is 0 Å². The highest BCUT2D eigenvalue weighted by Gasteiger charge is 2.10. The number of hydrogen-bond acceptors (Lipinski definition) is 3. The van der Waals surface area contributed by atoms with Crippen LogP contribution in [0.2, 0.25) is 0 Å². The Bertz CT molecular complexity index is 651. The highest BCUT2D eigenvalue weighted by Crippen LogP contribution is 2.35. The number of methoxy groups -OCH3 is 1. The van der Waals surface area contributed by atoms with Crippen LogP contribution >= 0.6 is 31.9 Å². The zero-order valence-corrected chi connectivity index (χ0v) is 17.4. The number of benzene rings is 2. The lowest BCUT2D eigenvalue weighted by Crippen LogP contribution is -2.17. The van der Waals surface area contributed by atoms with E-state index in [2.05, 4.69) is 55.4 Å². The van der Waals surface area contributed by atoms with Crippen molar-refractivity contribution in [2.45, 2.75) is 32.9 Å². The lowest BCUT2D eigenvalue weighted by atomic mass is 10.1. The summed E-state index contributed by atoms with van der Waals surface area (Å²) in [6.07, 6.45) is 1.07. The molecule has 3 nitrogen and oxygen atoms in total. The maximum Gasteiger partial charge on any atom is 0.148 e. The van der Waals surface area contributed by atoms with Crippen LogP contribution in [-0.4, -0.2) is 19.8 Å². The average molecular weight is 457 g/mol. The Kier molecular flexibility index (Phi) is 7.59. The highest BCUT2D eigenvalue weighted by atomic mass is 79.9. The summed E-state index contributed by atoms with van der Waals surface area (Å²) in [4.78, 5) is 0. The first-order chi connectivity index (χ1) is 11.5. The summed E-state index contributed by atoms with van der Waals surface area (Å²) >= 11 is 7.18. The van der Waals surface area contributed by atoms with Crippen LogP contribution in [0.15, 0.2) is 45.3 Å². The first kappa shape index (κ1) is 19.3. The van der Waals surface area contributed by atoms with Crippen LogP contribution < -0.4 is 14.8 Å². The van der Waals surface area contributed by atoms with E-state index in [4.69, 9.17) is 9.47 Å². The normalized spacial score (nSPS) is 10.9. The number of halogens is 2. The van der Waals surface area contributed by atoms with E-state index in [1.807, 2.05) is 32.0 Å². The van der Waals surface area contributed by atoms with Crippen LogP contribution in [0, 0.1) is 0 Å². The minimum absolute atomic E-state index is 0.141. The van der Waals surface area contributed by atoms with Gasteiger partial charge in [-0.05, 0) is 88.0 Å². The summed E-state index contributed by atoms with van der Waals surface area (Å²) in [5.74, 6) is 1.79. The van der Waals surface area contributed by atoms with Crippen molar-refractivity contribution in [1.82, 2.24) is 5.32 Å². The fourth-order valence-electron chi connectivity index (χ4n) is 2.43. The van der Waals surface area contributed by atoms with E-state index in [0.717, 1.165) is 40.0 Å². The number of hydrogen-bond donors (Lipinski definition) is 1. The number of para-hydroxylation sites is 1. The van der Waals surface area contributed by atoms with Crippen LogP contribution in [0.1, 0.15) is 25.0 Å². The Morgan fingerprint density at radius 3 is 2.38 bits per heavy atom. The molecule has 0 atom stereocenters. The Labute approximate surface area is 161 Å². The van der Waals surface area contributed by atoms with Gasteiger partial charge in [0, 0.05) is 6.54 Å². The van der Waals surface area contributed by atoms with Gasteiger partial charge < -0.3 is 14.8 Å². The Morgan fingerprint density at radius 2 is 1.75 bits per heavy atom. The van der Waals surface area contributed by atoms with Crippen molar-refractivity contribution >= 4 is 31.9 Å². The summed E-state index contributed by atoms with van der Waals surface area (Å²) in [5.41, 5.74) is 2.42. The second-order valence-electron chi connectivity index (χ2n) is 5.79. The zero-order chi connectivity index (χ0) is 17.5. The quantitative estimate of drug-likeness (QED) is 0.543. The van der Waals surface area contributed by atoms with Gasteiger partial charge in [-0.3, -0.25) is 0 Å². The van der Waals surface area contributed by atoms with Crippen molar-refractivity contribution in [3.63, 3.8) is 0 Å². The van der Waals surface area contributed by atoms with Gasteiger partial charge in [-0.15, -0.1) is 0 Å². The largest absolute Gasteiger partial charge is 0.496 e. The molecular formula is C19H23Br2NO2. The predicted molar refractivity (Wildman–Crippen MR) is 106 cm³/mol. The molecular weight excluding hydrogens is 434 g/mol. The van der Waals surface area contributed by atoms with Gasteiger partial charge in [0.15, 0.2) is 0 Å². The van der Waals surface area contributed by atoms with Gasteiger partial charge in [0.25, 0.3) is 0 Å². The summed E-state index contributed by atoms with van der Waals surface area (Å²) in [6, 6.07) is 12.3. The molecule has 0 aliphatic heterocycles. The van der Waals surface area contributed by atoms with E-state index in [1.54, 1.807) is 7.11 Å². The summed E-state index contributed by atoms with van der Waals surface area (Å²) in [6.45, 7) is 5.73. The molecule has 0 spiro atoms. The van der Waals surface area contributed by atoms with Crippen LogP contribution in [0.5, 0.6) is 11.5 Å². The summed E-state index contributed by atoms with van der Waals surface area (Å²) < 4.78 is 13.1. The molecule has 0 amide bonds. The molecule has 24 heavy (non-hydrogen) atoms. The van der Waals surface area contributed by atoms with Gasteiger partial charge in [0.1, 0.15) is 11.5 Å². The molecule has 0 heterocycles. The molecule has 1 N–H and O–H groups in total. The third-order valence-electron chi connectivity index (χ3n) is 3.50. The monoisotopic (exact) mass is 455 g/mol. The molecule has 0 unspecified atom stereocenters. The van der Waals surface area contributed by atoms with Crippen molar-refractivity contribution < 1.29 is 9.47 Å². The minimum atomic E-state index is 0.141. The van der Waals surface area contributed by atoms with E-state index in [1.165, 1.54) is 11.1 Å². The molecule has 2 rings (SSSR count). The first-order valence-corrected chi connectivity index (χ1v) is 9.57. The van der Waals surface area contributed by atoms with E-state index in [0.29, 0.717) is 0 Å². The molecule has 5 heteroatoms. The zero-order valence-electron chi connectivity index (χ0n) is 14.2. The van der Waals surface area contributed by atoms with E-state index < -0.39 is 0 Å². The average Bonchev–Trinajstić information content (AvgIpc) is 2.55. The second kappa shape index (κ2) is 9.44.